The van der Waals surface area contributed by atoms with Gasteiger partial charge in [0.1, 0.15) is 0 Å². The summed E-state index contributed by atoms with van der Waals surface area (Å²) in [6, 6.07) is 4.81. The molecule has 0 saturated carbocycles. The van der Waals surface area contributed by atoms with Crippen LogP contribution in [0.15, 0.2) is 18.3 Å². The van der Waals surface area contributed by atoms with Crippen LogP contribution in [0.2, 0.25) is 0 Å². The van der Waals surface area contributed by atoms with Crippen LogP contribution < -0.4 is 15.5 Å². The fraction of sp³-hybridized carbons (Fsp3) is 0.600. The second-order valence-corrected chi connectivity index (χ2v) is 5.41. The second-order valence-electron chi connectivity index (χ2n) is 5.41. The van der Waals surface area contributed by atoms with Gasteiger partial charge in [-0.15, -0.1) is 0 Å². The first-order valence-electron chi connectivity index (χ1n) is 7.25. The Bertz CT molecular complexity index is 438. The molecule has 1 aromatic rings. The van der Waals surface area contributed by atoms with Crippen molar-refractivity contribution >= 4 is 11.6 Å². The topological polar surface area (TPSA) is 57.3 Å². The Kier molecular flexibility index (Phi) is 4.95. The van der Waals surface area contributed by atoms with Crippen molar-refractivity contribution in [1.29, 1.82) is 0 Å². The summed E-state index contributed by atoms with van der Waals surface area (Å²) < 4.78 is 0. The molecule has 1 aliphatic rings. The second kappa shape index (κ2) is 6.70. The Hall–Kier alpha value is -1.62. The van der Waals surface area contributed by atoms with E-state index in [0.29, 0.717) is 6.04 Å². The van der Waals surface area contributed by atoms with Crippen LogP contribution in [-0.2, 0) is 4.79 Å². The van der Waals surface area contributed by atoms with Crippen LogP contribution in [-0.4, -0.2) is 37.1 Å². The van der Waals surface area contributed by atoms with Gasteiger partial charge in [-0.25, -0.2) is 0 Å². The van der Waals surface area contributed by atoms with Crippen LogP contribution in [0.25, 0.3) is 0 Å². The van der Waals surface area contributed by atoms with E-state index in [4.69, 9.17) is 0 Å². The van der Waals surface area contributed by atoms with Crippen molar-refractivity contribution in [2.24, 2.45) is 0 Å². The Morgan fingerprint density at radius 2 is 2.10 bits per heavy atom. The lowest BCUT2D eigenvalue weighted by Gasteiger charge is -2.33. The Labute approximate surface area is 120 Å². The fourth-order valence-corrected chi connectivity index (χ4v) is 2.56. The van der Waals surface area contributed by atoms with E-state index < -0.39 is 0 Å². The molecule has 1 saturated heterocycles. The number of hydrogen-bond donors (Lipinski definition) is 2. The molecule has 1 aliphatic heterocycles. The summed E-state index contributed by atoms with van der Waals surface area (Å²) >= 11 is 0. The zero-order chi connectivity index (χ0) is 14.5. The molecule has 0 spiro atoms. The van der Waals surface area contributed by atoms with E-state index in [9.17, 15) is 4.79 Å². The number of carbonyl (C=O) groups excluding carboxylic acids is 1. The predicted molar refractivity (Wildman–Crippen MR) is 80.8 cm³/mol. The smallest absolute Gasteiger partial charge is 0.217 e. The Morgan fingerprint density at radius 3 is 2.60 bits per heavy atom. The van der Waals surface area contributed by atoms with Crippen molar-refractivity contribution in [1.82, 2.24) is 15.6 Å². The van der Waals surface area contributed by atoms with Crippen molar-refractivity contribution in [2.75, 3.05) is 25.0 Å². The summed E-state index contributed by atoms with van der Waals surface area (Å²) in [6.45, 7) is 5.61. The molecule has 5 nitrogen and oxygen atoms in total. The largest absolute Gasteiger partial charge is 0.370 e. The lowest BCUT2D eigenvalue weighted by molar-refractivity contribution is -0.119. The number of amides is 1. The zero-order valence-corrected chi connectivity index (χ0v) is 12.5. The molecular formula is C15H24N4O. The first-order valence-corrected chi connectivity index (χ1v) is 7.25. The van der Waals surface area contributed by atoms with E-state index >= 15 is 0 Å². The van der Waals surface area contributed by atoms with Gasteiger partial charge in [-0.3, -0.25) is 9.78 Å². The van der Waals surface area contributed by atoms with Crippen LogP contribution in [0.4, 0.5) is 5.69 Å². The third kappa shape index (κ3) is 3.70. The summed E-state index contributed by atoms with van der Waals surface area (Å²) in [5.74, 6) is 0.0653. The molecule has 1 atom stereocenters. The van der Waals surface area contributed by atoms with Gasteiger partial charge in [0.2, 0.25) is 5.91 Å². The van der Waals surface area contributed by atoms with Gasteiger partial charge in [0, 0.05) is 32.1 Å². The highest BCUT2D eigenvalue weighted by Crippen LogP contribution is 2.20. The van der Waals surface area contributed by atoms with Crippen molar-refractivity contribution in [2.45, 2.75) is 38.8 Å². The molecule has 0 bridgehead atoms. The van der Waals surface area contributed by atoms with Gasteiger partial charge in [0.05, 0.1) is 17.6 Å². The van der Waals surface area contributed by atoms with Crippen molar-refractivity contribution in [3.05, 3.63) is 24.0 Å². The molecule has 110 valence electrons. The number of nitrogens with one attached hydrogen (secondary N) is 2. The Balaban J connectivity index is 1.92. The third-order valence-corrected chi connectivity index (χ3v) is 3.91. The van der Waals surface area contributed by atoms with Gasteiger partial charge < -0.3 is 15.5 Å². The predicted octanol–water partition coefficient (Wildman–Crippen LogP) is 1.47. The van der Waals surface area contributed by atoms with Crippen LogP contribution in [0, 0.1) is 0 Å². The van der Waals surface area contributed by atoms with E-state index in [2.05, 4.69) is 39.6 Å². The van der Waals surface area contributed by atoms with E-state index in [0.717, 1.165) is 31.6 Å². The lowest BCUT2D eigenvalue weighted by Crippen LogP contribution is -2.44. The minimum Gasteiger partial charge on any atom is -0.370 e. The molecule has 0 aliphatic carbocycles. The lowest BCUT2D eigenvalue weighted by atomic mass is 10.0. The molecule has 2 N–H and O–H groups in total. The van der Waals surface area contributed by atoms with Gasteiger partial charge in [0.15, 0.2) is 0 Å². The zero-order valence-electron chi connectivity index (χ0n) is 12.5. The average molecular weight is 276 g/mol. The van der Waals surface area contributed by atoms with Gasteiger partial charge in [0.25, 0.3) is 0 Å². The quantitative estimate of drug-likeness (QED) is 0.874. The van der Waals surface area contributed by atoms with E-state index in [-0.39, 0.29) is 11.9 Å². The highest BCUT2D eigenvalue weighted by Gasteiger charge is 2.20. The molecule has 20 heavy (non-hydrogen) atoms. The minimum atomic E-state index is 0.0653. The van der Waals surface area contributed by atoms with Crippen LogP contribution in [0.1, 0.15) is 38.4 Å². The first kappa shape index (κ1) is 14.8. The first-order chi connectivity index (χ1) is 9.60. The number of carbonyl (C=O) groups is 1. The molecule has 5 heteroatoms. The summed E-state index contributed by atoms with van der Waals surface area (Å²) in [4.78, 5) is 17.9. The van der Waals surface area contributed by atoms with E-state index in [1.54, 1.807) is 6.92 Å². The molecule has 0 radical (unpaired) electrons. The molecule has 1 unspecified atom stereocenters. The maximum atomic E-state index is 11.1. The molecule has 1 aromatic heterocycles. The fourth-order valence-electron chi connectivity index (χ4n) is 2.56. The summed E-state index contributed by atoms with van der Waals surface area (Å²) in [6.07, 6.45) is 3.93. The maximum absolute atomic E-state index is 11.1. The summed E-state index contributed by atoms with van der Waals surface area (Å²) in [5, 5.41) is 6.18. The number of aromatic nitrogens is 1. The van der Waals surface area contributed by atoms with Crippen LogP contribution in [0.5, 0.6) is 0 Å². The van der Waals surface area contributed by atoms with Crippen molar-refractivity contribution in [3.63, 3.8) is 0 Å². The molecule has 2 rings (SSSR count). The van der Waals surface area contributed by atoms with E-state index in [1.165, 1.54) is 5.69 Å². The monoisotopic (exact) mass is 276 g/mol. The van der Waals surface area contributed by atoms with Crippen molar-refractivity contribution < 1.29 is 4.79 Å². The molecule has 2 heterocycles. The number of rotatable bonds is 4. The summed E-state index contributed by atoms with van der Waals surface area (Å²) in [7, 11) is 1.94. The molecule has 1 fully saturated rings. The van der Waals surface area contributed by atoms with Gasteiger partial charge in [-0.05, 0) is 38.9 Å². The molecule has 1 amide bonds. The summed E-state index contributed by atoms with van der Waals surface area (Å²) in [5.41, 5.74) is 2.22. The normalized spacial score (nSPS) is 17.9. The number of piperidine rings is 1. The van der Waals surface area contributed by atoms with Gasteiger partial charge >= 0.3 is 0 Å². The number of anilines is 1. The molecular weight excluding hydrogens is 252 g/mol. The minimum absolute atomic E-state index is 0.0653. The van der Waals surface area contributed by atoms with Crippen molar-refractivity contribution in [3.8, 4) is 0 Å². The number of nitrogens with zero attached hydrogens (tertiary/aromatic N) is 2. The highest BCUT2D eigenvalue weighted by atomic mass is 16.1. The van der Waals surface area contributed by atoms with Gasteiger partial charge in [-0.2, -0.15) is 0 Å². The highest BCUT2D eigenvalue weighted by molar-refractivity contribution is 5.73. The van der Waals surface area contributed by atoms with Gasteiger partial charge in [-0.1, -0.05) is 0 Å². The maximum Gasteiger partial charge on any atom is 0.217 e. The Morgan fingerprint density at radius 1 is 1.40 bits per heavy atom. The van der Waals surface area contributed by atoms with Crippen LogP contribution >= 0.6 is 0 Å². The standard InChI is InChI=1S/C15H24N4O/c1-11(16-3)15-5-4-14(10-17-15)19-8-6-13(7-9-19)18-12(2)20/h4-5,10-11,13,16H,6-9H2,1-3H3,(H,18,20). The molecule has 0 aromatic carbocycles. The average Bonchev–Trinajstić information content (AvgIpc) is 2.47. The third-order valence-electron chi connectivity index (χ3n) is 3.91. The SMILES string of the molecule is CNC(C)c1ccc(N2CCC(NC(C)=O)CC2)cn1. The number of pyridine rings is 1. The van der Waals surface area contributed by atoms with E-state index in [1.807, 2.05) is 13.2 Å². The number of hydrogen-bond acceptors (Lipinski definition) is 4. The van der Waals surface area contributed by atoms with Crippen LogP contribution in [0.3, 0.4) is 0 Å².